The molecule has 3 heteroatoms. The number of methoxy groups -OCH3 is 1. The van der Waals surface area contributed by atoms with Crippen LogP contribution in [0.1, 0.15) is 33.3 Å². The molecule has 0 heterocycles. The van der Waals surface area contributed by atoms with Crippen LogP contribution in [0.15, 0.2) is 18.2 Å². The van der Waals surface area contributed by atoms with Crippen LogP contribution in [0, 0.1) is 0 Å². The number of ketones is 1. The monoisotopic (exact) mass is 236 g/mol. The van der Waals surface area contributed by atoms with E-state index in [9.17, 15) is 4.79 Å². The lowest BCUT2D eigenvalue weighted by Crippen LogP contribution is -2.15. The highest BCUT2D eigenvalue weighted by Gasteiger charge is 2.20. The predicted molar refractivity (Wildman–Crippen MR) is 67.9 cm³/mol. The van der Waals surface area contributed by atoms with Crippen molar-refractivity contribution < 1.29 is 14.3 Å². The number of ether oxygens (including phenoxy) is 2. The van der Waals surface area contributed by atoms with E-state index in [1.54, 1.807) is 7.11 Å². The van der Waals surface area contributed by atoms with E-state index < -0.39 is 0 Å². The van der Waals surface area contributed by atoms with Crippen LogP contribution in [0.3, 0.4) is 0 Å². The molecule has 1 aromatic carbocycles. The van der Waals surface area contributed by atoms with Gasteiger partial charge in [-0.25, -0.2) is 0 Å². The van der Waals surface area contributed by atoms with Crippen molar-refractivity contribution >= 4 is 5.78 Å². The summed E-state index contributed by atoms with van der Waals surface area (Å²) in [5, 5.41) is 0. The number of rotatable bonds is 4. The Balaban J connectivity index is 3.07. The van der Waals surface area contributed by atoms with Crippen LogP contribution in [0.4, 0.5) is 0 Å². The Morgan fingerprint density at radius 3 is 2.41 bits per heavy atom. The predicted octanol–water partition coefficient (Wildman–Crippen LogP) is 2.96. The average Bonchev–Trinajstić information content (AvgIpc) is 2.24. The van der Waals surface area contributed by atoms with E-state index in [2.05, 4.69) is 20.8 Å². The third kappa shape index (κ3) is 3.77. The van der Waals surface area contributed by atoms with Gasteiger partial charge in [0.1, 0.15) is 18.1 Å². The van der Waals surface area contributed by atoms with Gasteiger partial charge >= 0.3 is 0 Å². The molecule has 1 rings (SSSR count). The van der Waals surface area contributed by atoms with Crippen molar-refractivity contribution in [1.82, 2.24) is 0 Å². The molecular formula is C14H20O3. The Bertz CT molecular complexity index is 402. The number of benzene rings is 1. The SMILES string of the molecule is COc1ccc(OCC(C)=O)c(C(C)(C)C)c1. The highest BCUT2D eigenvalue weighted by Crippen LogP contribution is 2.34. The highest BCUT2D eigenvalue weighted by molar-refractivity contribution is 5.77. The lowest BCUT2D eigenvalue weighted by molar-refractivity contribution is -0.118. The van der Waals surface area contributed by atoms with Crippen LogP contribution in [-0.4, -0.2) is 19.5 Å². The van der Waals surface area contributed by atoms with Crippen LogP contribution in [0.2, 0.25) is 0 Å². The second kappa shape index (κ2) is 5.21. The molecule has 0 aliphatic rings. The van der Waals surface area contributed by atoms with E-state index in [4.69, 9.17) is 9.47 Å². The molecular weight excluding hydrogens is 216 g/mol. The summed E-state index contributed by atoms with van der Waals surface area (Å²) in [6, 6.07) is 5.64. The zero-order chi connectivity index (χ0) is 13.1. The zero-order valence-corrected chi connectivity index (χ0v) is 11.2. The summed E-state index contributed by atoms with van der Waals surface area (Å²) >= 11 is 0. The minimum absolute atomic E-state index is 0.0145. The average molecular weight is 236 g/mol. The topological polar surface area (TPSA) is 35.5 Å². The summed E-state index contributed by atoms with van der Waals surface area (Å²) in [7, 11) is 1.64. The molecule has 0 aliphatic carbocycles. The van der Waals surface area contributed by atoms with Crippen LogP contribution in [0.5, 0.6) is 11.5 Å². The minimum Gasteiger partial charge on any atom is -0.497 e. The molecule has 0 spiro atoms. The molecule has 0 amide bonds. The molecule has 0 saturated heterocycles. The van der Waals surface area contributed by atoms with Crippen LogP contribution >= 0.6 is 0 Å². The molecule has 3 nitrogen and oxygen atoms in total. The lowest BCUT2D eigenvalue weighted by atomic mass is 9.86. The van der Waals surface area contributed by atoms with Gasteiger partial charge in [0.2, 0.25) is 0 Å². The summed E-state index contributed by atoms with van der Waals surface area (Å²) in [6.45, 7) is 7.92. The van der Waals surface area contributed by atoms with E-state index in [0.717, 1.165) is 17.1 Å². The minimum atomic E-state index is -0.0549. The maximum Gasteiger partial charge on any atom is 0.167 e. The highest BCUT2D eigenvalue weighted by atomic mass is 16.5. The second-order valence-corrected chi connectivity index (χ2v) is 5.10. The number of hydrogen-bond donors (Lipinski definition) is 0. The molecule has 0 aliphatic heterocycles. The van der Waals surface area contributed by atoms with E-state index in [1.165, 1.54) is 6.92 Å². The molecule has 0 aromatic heterocycles. The van der Waals surface area contributed by atoms with Crippen molar-refractivity contribution in [3.05, 3.63) is 23.8 Å². The first-order valence-electron chi connectivity index (χ1n) is 5.65. The van der Waals surface area contributed by atoms with Gasteiger partial charge in [-0.05, 0) is 30.5 Å². The van der Waals surface area contributed by atoms with Gasteiger partial charge < -0.3 is 9.47 Å². The molecule has 0 saturated carbocycles. The third-order valence-corrected chi connectivity index (χ3v) is 2.43. The van der Waals surface area contributed by atoms with E-state index in [0.29, 0.717) is 0 Å². The van der Waals surface area contributed by atoms with Gasteiger partial charge in [0.05, 0.1) is 7.11 Å². The Labute approximate surface area is 103 Å². The fraction of sp³-hybridized carbons (Fsp3) is 0.500. The molecule has 0 atom stereocenters. The Morgan fingerprint density at radius 1 is 1.29 bits per heavy atom. The number of Topliss-reactive ketones (excluding diaryl/α,β-unsaturated/α-hetero) is 1. The molecule has 0 bridgehead atoms. The normalized spacial score (nSPS) is 11.1. The summed E-state index contributed by atoms with van der Waals surface area (Å²) in [5.74, 6) is 1.55. The Hall–Kier alpha value is -1.51. The molecule has 0 fully saturated rings. The van der Waals surface area contributed by atoms with Crippen LogP contribution in [-0.2, 0) is 10.2 Å². The summed E-state index contributed by atoms with van der Waals surface area (Å²) in [5.41, 5.74) is 0.985. The number of carbonyl (C=O) groups excluding carboxylic acids is 1. The number of carbonyl (C=O) groups is 1. The maximum absolute atomic E-state index is 11.0. The maximum atomic E-state index is 11.0. The first kappa shape index (κ1) is 13.6. The zero-order valence-electron chi connectivity index (χ0n) is 11.2. The first-order valence-corrected chi connectivity index (χ1v) is 5.65. The number of hydrogen-bond acceptors (Lipinski definition) is 3. The quantitative estimate of drug-likeness (QED) is 0.806. The van der Waals surface area contributed by atoms with Gasteiger partial charge in [-0.3, -0.25) is 4.79 Å². The largest absolute Gasteiger partial charge is 0.497 e. The van der Waals surface area contributed by atoms with Crippen molar-refractivity contribution in [2.75, 3.05) is 13.7 Å². The first-order chi connectivity index (χ1) is 7.84. The van der Waals surface area contributed by atoms with Gasteiger partial charge in [-0.15, -0.1) is 0 Å². The van der Waals surface area contributed by atoms with Crippen molar-refractivity contribution in [2.45, 2.75) is 33.1 Å². The fourth-order valence-corrected chi connectivity index (χ4v) is 1.53. The van der Waals surface area contributed by atoms with Crippen LogP contribution in [0.25, 0.3) is 0 Å². The second-order valence-electron chi connectivity index (χ2n) is 5.10. The molecule has 0 radical (unpaired) electrons. The van der Waals surface area contributed by atoms with Crippen molar-refractivity contribution in [1.29, 1.82) is 0 Å². The summed E-state index contributed by atoms with van der Waals surface area (Å²) < 4.78 is 10.7. The van der Waals surface area contributed by atoms with E-state index >= 15 is 0 Å². The molecule has 0 unspecified atom stereocenters. The lowest BCUT2D eigenvalue weighted by Gasteiger charge is -2.23. The fourth-order valence-electron chi connectivity index (χ4n) is 1.53. The van der Waals surface area contributed by atoms with E-state index in [1.807, 2.05) is 18.2 Å². The van der Waals surface area contributed by atoms with Crippen LogP contribution < -0.4 is 9.47 Å². The van der Waals surface area contributed by atoms with Gasteiger partial charge in [0.15, 0.2) is 5.78 Å². The van der Waals surface area contributed by atoms with Gasteiger partial charge in [0.25, 0.3) is 0 Å². The summed E-state index contributed by atoms with van der Waals surface area (Å²) in [4.78, 5) is 11.0. The third-order valence-electron chi connectivity index (χ3n) is 2.43. The standard InChI is InChI=1S/C14H20O3/c1-10(15)9-17-13-7-6-11(16-5)8-12(13)14(2,3)4/h6-8H,9H2,1-5H3. The van der Waals surface area contributed by atoms with Gasteiger partial charge in [0, 0.05) is 5.56 Å². The molecule has 1 aromatic rings. The summed E-state index contributed by atoms with van der Waals surface area (Å²) in [6.07, 6.45) is 0. The van der Waals surface area contributed by atoms with E-state index in [-0.39, 0.29) is 17.8 Å². The Kier molecular flexibility index (Phi) is 4.16. The van der Waals surface area contributed by atoms with Crippen molar-refractivity contribution in [3.8, 4) is 11.5 Å². The Morgan fingerprint density at radius 2 is 1.94 bits per heavy atom. The van der Waals surface area contributed by atoms with Crippen molar-refractivity contribution in [3.63, 3.8) is 0 Å². The molecule has 94 valence electrons. The van der Waals surface area contributed by atoms with Crippen molar-refractivity contribution in [2.24, 2.45) is 0 Å². The smallest absolute Gasteiger partial charge is 0.167 e. The van der Waals surface area contributed by atoms with Gasteiger partial charge in [-0.1, -0.05) is 20.8 Å². The van der Waals surface area contributed by atoms with Gasteiger partial charge in [-0.2, -0.15) is 0 Å². The molecule has 17 heavy (non-hydrogen) atoms. The molecule has 0 N–H and O–H groups in total.